The van der Waals surface area contributed by atoms with Gasteiger partial charge in [0.15, 0.2) is 0 Å². The minimum absolute atomic E-state index is 0.225. The highest BCUT2D eigenvalue weighted by atomic mass is 16.5. The highest BCUT2D eigenvalue weighted by Crippen LogP contribution is 2.19. The zero-order valence-corrected chi connectivity index (χ0v) is 9.95. The van der Waals surface area contributed by atoms with Crippen molar-refractivity contribution in [2.24, 2.45) is 5.92 Å². The van der Waals surface area contributed by atoms with Crippen molar-refractivity contribution in [1.29, 1.82) is 0 Å². The summed E-state index contributed by atoms with van der Waals surface area (Å²) in [4.78, 5) is 4.10. The van der Waals surface area contributed by atoms with Crippen LogP contribution >= 0.6 is 0 Å². The molecular weight excluding hydrogens is 188 g/mol. The third-order valence-electron chi connectivity index (χ3n) is 2.48. The molecule has 3 nitrogen and oxygen atoms in total. The summed E-state index contributed by atoms with van der Waals surface area (Å²) in [6, 6.07) is 1.92. The zero-order chi connectivity index (χ0) is 11.3. The Balaban J connectivity index is 2.74. The van der Waals surface area contributed by atoms with Gasteiger partial charge in [-0.1, -0.05) is 13.8 Å². The number of aromatic nitrogens is 1. The molecule has 0 aromatic carbocycles. The van der Waals surface area contributed by atoms with Gasteiger partial charge in [-0.05, 0) is 26.0 Å². The molecule has 84 valence electrons. The quantitative estimate of drug-likeness (QED) is 0.805. The standard InChI is InChI=1S/C12H20N2O/c1-9(2)10(3)15-12-5-6-14-8-11(12)7-13-4/h5-6,8-10,13H,7H2,1-4H3. The lowest BCUT2D eigenvalue weighted by atomic mass is 10.1. The number of hydrogen-bond acceptors (Lipinski definition) is 3. The van der Waals surface area contributed by atoms with Gasteiger partial charge < -0.3 is 10.1 Å². The summed E-state index contributed by atoms with van der Waals surface area (Å²) in [5.74, 6) is 1.45. The molecule has 1 aromatic rings. The van der Waals surface area contributed by atoms with Gasteiger partial charge in [-0.25, -0.2) is 0 Å². The van der Waals surface area contributed by atoms with Crippen LogP contribution in [0.1, 0.15) is 26.3 Å². The number of rotatable bonds is 5. The molecule has 1 N–H and O–H groups in total. The number of hydrogen-bond donors (Lipinski definition) is 1. The summed E-state index contributed by atoms with van der Waals surface area (Å²) in [5.41, 5.74) is 1.10. The number of ether oxygens (including phenoxy) is 1. The van der Waals surface area contributed by atoms with Crippen LogP contribution in [-0.4, -0.2) is 18.1 Å². The summed E-state index contributed by atoms with van der Waals surface area (Å²) in [7, 11) is 1.92. The van der Waals surface area contributed by atoms with Crippen LogP contribution in [0.15, 0.2) is 18.5 Å². The van der Waals surface area contributed by atoms with E-state index in [-0.39, 0.29) is 6.10 Å². The van der Waals surface area contributed by atoms with Crippen LogP contribution in [0, 0.1) is 5.92 Å². The normalized spacial score (nSPS) is 12.9. The van der Waals surface area contributed by atoms with E-state index in [9.17, 15) is 0 Å². The van der Waals surface area contributed by atoms with Gasteiger partial charge in [0.2, 0.25) is 0 Å². The highest BCUT2D eigenvalue weighted by Gasteiger charge is 2.11. The Bertz CT molecular complexity index is 299. The summed E-state index contributed by atoms with van der Waals surface area (Å²) >= 11 is 0. The molecule has 0 aliphatic rings. The molecule has 1 aromatic heterocycles. The Labute approximate surface area is 91.9 Å². The molecule has 1 unspecified atom stereocenters. The average molecular weight is 208 g/mol. The third-order valence-corrected chi connectivity index (χ3v) is 2.48. The lowest BCUT2D eigenvalue weighted by Gasteiger charge is -2.19. The minimum atomic E-state index is 0.225. The highest BCUT2D eigenvalue weighted by molar-refractivity contribution is 5.30. The molecule has 0 aliphatic heterocycles. The van der Waals surface area contributed by atoms with E-state index < -0.39 is 0 Å². The third kappa shape index (κ3) is 3.51. The van der Waals surface area contributed by atoms with Crippen molar-refractivity contribution in [3.05, 3.63) is 24.0 Å². The molecule has 1 atom stereocenters. The molecule has 0 amide bonds. The summed E-state index contributed by atoms with van der Waals surface area (Å²) < 4.78 is 5.88. The van der Waals surface area contributed by atoms with E-state index in [4.69, 9.17) is 4.74 Å². The van der Waals surface area contributed by atoms with Gasteiger partial charge in [0.05, 0.1) is 6.10 Å². The molecule has 0 fully saturated rings. The Morgan fingerprint density at radius 2 is 2.13 bits per heavy atom. The molecule has 0 aliphatic carbocycles. The molecule has 0 radical (unpaired) electrons. The summed E-state index contributed by atoms with van der Waals surface area (Å²) in [6.45, 7) is 7.19. The SMILES string of the molecule is CNCc1cnccc1OC(C)C(C)C. The van der Waals surface area contributed by atoms with E-state index in [0.29, 0.717) is 5.92 Å². The molecule has 0 bridgehead atoms. The lowest BCUT2D eigenvalue weighted by molar-refractivity contribution is 0.168. The van der Waals surface area contributed by atoms with Gasteiger partial charge >= 0.3 is 0 Å². The summed E-state index contributed by atoms with van der Waals surface area (Å²) in [6.07, 6.45) is 3.84. The average Bonchev–Trinajstić information content (AvgIpc) is 2.21. The Hall–Kier alpha value is -1.09. The number of nitrogens with zero attached hydrogens (tertiary/aromatic N) is 1. The van der Waals surface area contributed by atoms with E-state index in [0.717, 1.165) is 17.9 Å². The second kappa shape index (κ2) is 5.71. The van der Waals surface area contributed by atoms with E-state index >= 15 is 0 Å². The van der Waals surface area contributed by atoms with Gasteiger partial charge in [-0.2, -0.15) is 0 Å². The van der Waals surface area contributed by atoms with Gasteiger partial charge in [0.25, 0.3) is 0 Å². The molecule has 15 heavy (non-hydrogen) atoms. The molecular formula is C12H20N2O. The molecule has 3 heteroatoms. The first-order chi connectivity index (χ1) is 7.15. The molecule has 1 heterocycles. The van der Waals surface area contributed by atoms with Crippen LogP contribution in [0.2, 0.25) is 0 Å². The Morgan fingerprint density at radius 3 is 2.73 bits per heavy atom. The fourth-order valence-corrected chi connectivity index (χ4v) is 1.19. The van der Waals surface area contributed by atoms with Crippen molar-refractivity contribution in [3.63, 3.8) is 0 Å². The maximum absolute atomic E-state index is 5.88. The van der Waals surface area contributed by atoms with E-state index in [1.54, 1.807) is 6.20 Å². The lowest BCUT2D eigenvalue weighted by Crippen LogP contribution is -2.20. The van der Waals surface area contributed by atoms with Crippen molar-refractivity contribution in [2.75, 3.05) is 7.05 Å². The van der Waals surface area contributed by atoms with Crippen LogP contribution in [0.5, 0.6) is 5.75 Å². The van der Waals surface area contributed by atoms with Gasteiger partial charge in [-0.15, -0.1) is 0 Å². The van der Waals surface area contributed by atoms with E-state index in [1.807, 2.05) is 19.3 Å². The van der Waals surface area contributed by atoms with Crippen molar-refractivity contribution in [2.45, 2.75) is 33.4 Å². The Morgan fingerprint density at radius 1 is 1.40 bits per heavy atom. The van der Waals surface area contributed by atoms with Crippen molar-refractivity contribution in [1.82, 2.24) is 10.3 Å². The molecule has 0 saturated heterocycles. The van der Waals surface area contributed by atoms with Crippen LogP contribution in [-0.2, 0) is 6.54 Å². The fourth-order valence-electron chi connectivity index (χ4n) is 1.19. The van der Waals surface area contributed by atoms with E-state index in [2.05, 4.69) is 31.1 Å². The zero-order valence-electron chi connectivity index (χ0n) is 9.95. The smallest absolute Gasteiger partial charge is 0.127 e. The van der Waals surface area contributed by atoms with Crippen molar-refractivity contribution < 1.29 is 4.74 Å². The summed E-state index contributed by atoms with van der Waals surface area (Å²) in [5, 5.41) is 3.11. The first-order valence-electron chi connectivity index (χ1n) is 5.39. The predicted octanol–water partition coefficient (Wildman–Crippen LogP) is 2.22. The number of nitrogens with one attached hydrogen (secondary N) is 1. The van der Waals surface area contributed by atoms with Gasteiger partial charge in [-0.3, -0.25) is 4.98 Å². The van der Waals surface area contributed by atoms with Crippen LogP contribution in [0.4, 0.5) is 0 Å². The monoisotopic (exact) mass is 208 g/mol. The molecule has 1 rings (SSSR count). The minimum Gasteiger partial charge on any atom is -0.490 e. The first-order valence-corrected chi connectivity index (χ1v) is 5.39. The maximum Gasteiger partial charge on any atom is 0.127 e. The topological polar surface area (TPSA) is 34.2 Å². The predicted molar refractivity (Wildman–Crippen MR) is 61.9 cm³/mol. The second-order valence-corrected chi connectivity index (χ2v) is 4.08. The van der Waals surface area contributed by atoms with Crippen molar-refractivity contribution in [3.8, 4) is 5.75 Å². The number of pyridine rings is 1. The maximum atomic E-state index is 5.88. The van der Waals surface area contributed by atoms with Crippen molar-refractivity contribution >= 4 is 0 Å². The molecule has 0 spiro atoms. The van der Waals surface area contributed by atoms with Crippen LogP contribution in [0.25, 0.3) is 0 Å². The van der Waals surface area contributed by atoms with E-state index in [1.165, 1.54) is 0 Å². The van der Waals surface area contributed by atoms with Gasteiger partial charge in [0.1, 0.15) is 5.75 Å². The second-order valence-electron chi connectivity index (χ2n) is 4.08. The molecule has 0 saturated carbocycles. The van der Waals surface area contributed by atoms with Crippen LogP contribution < -0.4 is 10.1 Å². The van der Waals surface area contributed by atoms with Crippen LogP contribution in [0.3, 0.4) is 0 Å². The largest absolute Gasteiger partial charge is 0.490 e. The Kier molecular flexibility index (Phi) is 4.56. The fraction of sp³-hybridized carbons (Fsp3) is 0.583. The van der Waals surface area contributed by atoms with Gasteiger partial charge in [0, 0.05) is 24.5 Å². The first kappa shape index (κ1) is 12.0.